The highest BCUT2D eigenvalue weighted by Gasteiger charge is 2.22. The molecule has 0 N–H and O–H groups in total. The molecule has 0 saturated heterocycles. The van der Waals surface area contributed by atoms with Crippen LogP contribution >= 0.6 is 0 Å². The molecule has 0 spiro atoms. The van der Waals surface area contributed by atoms with E-state index >= 15 is 0 Å². The number of hydrogen-bond donors (Lipinski definition) is 0. The lowest BCUT2D eigenvalue weighted by Crippen LogP contribution is -2.32. The van der Waals surface area contributed by atoms with Gasteiger partial charge in [0.05, 0.1) is 17.9 Å². The first-order valence-corrected chi connectivity index (χ1v) is 7.83. The van der Waals surface area contributed by atoms with E-state index in [1.807, 2.05) is 0 Å². The average Bonchev–Trinajstić information content (AvgIpc) is 2.58. The number of halogens is 1. The fraction of sp³-hybridized carbons (Fsp3) is 0.263. The van der Waals surface area contributed by atoms with Crippen LogP contribution in [0.15, 0.2) is 42.5 Å². The third-order valence-corrected chi connectivity index (χ3v) is 3.67. The van der Waals surface area contributed by atoms with Gasteiger partial charge in [0.2, 0.25) is 0 Å². The fourth-order valence-corrected chi connectivity index (χ4v) is 2.40. The van der Waals surface area contributed by atoms with Crippen LogP contribution in [0.2, 0.25) is 0 Å². The van der Waals surface area contributed by atoms with Crippen LogP contribution in [0, 0.1) is 12.7 Å². The van der Waals surface area contributed by atoms with Gasteiger partial charge in [0.15, 0.2) is 0 Å². The molecule has 0 heterocycles. The number of aryl methyl sites for hydroxylation is 1. The summed E-state index contributed by atoms with van der Waals surface area (Å²) in [7, 11) is 0. The number of para-hydroxylation sites is 1. The standard InChI is InChI=1S/C19H20FNO3/c1-4-21(18(22)14-11-10-13(3)16(20)12-14)17-9-7-6-8-15(17)19(23)24-5-2/h6-12H,4-5H2,1-3H3. The molecule has 0 fully saturated rings. The van der Waals surface area contributed by atoms with Crippen LogP contribution in [-0.2, 0) is 4.74 Å². The summed E-state index contributed by atoms with van der Waals surface area (Å²) in [5.41, 5.74) is 1.46. The second kappa shape index (κ2) is 7.73. The van der Waals surface area contributed by atoms with Crippen LogP contribution < -0.4 is 4.90 Å². The Kier molecular flexibility index (Phi) is 5.68. The highest BCUT2D eigenvalue weighted by atomic mass is 19.1. The molecule has 0 bridgehead atoms. The van der Waals surface area contributed by atoms with Gasteiger partial charge in [-0.05, 0) is 50.6 Å². The number of nitrogens with zero attached hydrogens (tertiary/aromatic N) is 1. The Morgan fingerprint density at radius 3 is 2.46 bits per heavy atom. The van der Waals surface area contributed by atoms with Crippen LogP contribution in [0.4, 0.5) is 10.1 Å². The van der Waals surface area contributed by atoms with E-state index in [1.165, 1.54) is 11.0 Å². The second-order valence-corrected chi connectivity index (χ2v) is 5.25. The summed E-state index contributed by atoms with van der Waals surface area (Å²) in [4.78, 5) is 26.3. The number of carbonyl (C=O) groups is 2. The SMILES string of the molecule is CCOC(=O)c1ccccc1N(CC)C(=O)c1ccc(C)c(F)c1. The molecule has 0 aliphatic carbocycles. The molecule has 5 heteroatoms. The Hall–Kier alpha value is -2.69. The van der Waals surface area contributed by atoms with Crippen LogP contribution in [0.5, 0.6) is 0 Å². The van der Waals surface area contributed by atoms with Crippen molar-refractivity contribution in [2.75, 3.05) is 18.1 Å². The molecule has 24 heavy (non-hydrogen) atoms. The molecule has 0 radical (unpaired) electrons. The molecular formula is C19H20FNO3. The first kappa shape index (κ1) is 17.7. The number of amides is 1. The van der Waals surface area contributed by atoms with E-state index in [0.717, 1.165) is 0 Å². The fourth-order valence-electron chi connectivity index (χ4n) is 2.40. The van der Waals surface area contributed by atoms with Gasteiger partial charge in [-0.15, -0.1) is 0 Å². The normalized spacial score (nSPS) is 10.3. The molecule has 1 amide bonds. The molecule has 2 aromatic carbocycles. The van der Waals surface area contributed by atoms with E-state index in [4.69, 9.17) is 4.74 Å². The Bertz CT molecular complexity index is 758. The molecule has 0 saturated carbocycles. The largest absolute Gasteiger partial charge is 0.462 e. The summed E-state index contributed by atoms with van der Waals surface area (Å²) in [6.07, 6.45) is 0. The monoisotopic (exact) mass is 329 g/mol. The van der Waals surface area contributed by atoms with Gasteiger partial charge in [0.25, 0.3) is 5.91 Å². The first-order valence-electron chi connectivity index (χ1n) is 7.83. The smallest absolute Gasteiger partial charge is 0.340 e. The number of ether oxygens (including phenoxy) is 1. The summed E-state index contributed by atoms with van der Waals surface area (Å²) < 4.78 is 18.8. The summed E-state index contributed by atoms with van der Waals surface area (Å²) in [5.74, 6) is -1.29. The lowest BCUT2D eigenvalue weighted by Gasteiger charge is -2.23. The van der Waals surface area contributed by atoms with Gasteiger partial charge >= 0.3 is 5.97 Å². The molecule has 0 aromatic heterocycles. The summed E-state index contributed by atoms with van der Waals surface area (Å²) in [5, 5.41) is 0. The molecule has 2 aromatic rings. The van der Waals surface area contributed by atoms with Crippen LogP contribution in [-0.4, -0.2) is 25.0 Å². The van der Waals surface area contributed by atoms with Crippen molar-refractivity contribution < 1.29 is 18.7 Å². The molecule has 0 unspecified atom stereocenters. The van der Waals surface area contributed by atoms with E-state index < -0.39 is 11.8 Å². The van der Waals surface area contributed by atoms with Crippen LogP contribution in [0.3, 0.4) is 0 Å². The van der Waals surface area contributed by atoms with Crippen molar-refractivity contribution in [3.8, 4) is 0 Å². The molecule has 0 aliphatic rings. The van der Waals surface area contributed by atoms with Gasteiger partial charge < -0.3 is 9.64 Å². The van der Waals surface area contributed by atoms with Crippen LogP contribution in [0.25, 0.3) is 0 Å². The van der Waals surface area contributed by atoms with Gasteiger partial charge in [-0.3, -0.25) is 4.79 Å². The van der Waals surface area contributed by atoms with Crippen molar-refractivity contribution in [2.45, 2.75) is 20.8 Å². The van der Waals surface area contributed by atoms with Gasteiger partial charge in [-0.25, -0.2) is 9.18 Å². The Morgan fingerprint density at radius 2 is 1.83 bits per heavy atom. The minimum atomic E-state index is -0.491. The highest BCUT2D eigenvalue weighted by Crippen LogP contribution is 2.24. The molecular weight excluding hydrogens is 309 g/mol. The average molecular weight is 329 g/mol. The molecule has 126 valence electrons. The Morgan fingerprint density at radius 1 is 1.12 bits per heavy atom. The van der Waals surface area contributed by atoms with Gasteiger partial charge in [-0.2, -0.15) is 0 Å². The maximum Gasteiger partial charge on any atom is 0.340 e. The van der Waals surface area contributed by atoms with E-state index in [9.17, 15) is 14.0 Å². The number of carbonyl (C=O) groups excluding carboxylic acids is 2. The summed E-state index contributed by atoms with van der Waals surface area (Å²) in [6, 6.07) is 11.1. The van der Waals surface area contributed by atoms with E-state index in [1.54, 1.807) is 57.2 Å². The quantitative estimate of drug-likeness (QED) is 0.780. The third-order valence-electron chi connectivity index (χ3n) is 3.67. The maximum absolute atomic E-state index is 13.8. The molecule has 2 rings (SSSR count). The van der Waals surface area contributed by atoms with E-state index in [2.05, 4.69) is 0 Å². The minimum absolute atomic E-state index is 0.235. The molecule has 0 atom stereocenters. The molecule has 0 aliphatic heterocycles. The van der Waals surface area contributed by atoms with E-state index in [0.29, 0.717) is 23.4 Å². The Balaban J connectivity index is 2.43. The van der Waals surface area contributed by atoms with Gasteiger partial charge in [-0.1, -0.05) is 18.2 Å². The number of esters is 1. The predicted molar refractivity (Wildman–Crippen MR) is 90.9 cm³/mol. The first-order chi connectivity index (χ1) is 11.5. The summed E-state index contributed by atoms with van der Waals surface area (Å²) in [6.45, 7) is 5.74. The lowest BCUT2D eigenvalue weighted by atomic mass is 10.1. The van der Waals surface area contributed by atoms with Crippen molar-refractivity contribution >= 4 is 17.6 Å². The van der Waals surface area contributed by atoms with E-state index in [-0.39, 0.29) is 18.1 Å². The lowest BCUT2D eigenvalue weighted by molar-refractivity contribution is 0.0527. The predicted octanol–water partition coefficient (Wildman–Crippen LogP) is 3.98. The van der Waals surface area contributed by atoms with Crippen molar-refractivity contribution in [2.24, 2.45) is 0 Å². The van der Waals surface area contributed by atoms with Crippen molar-refractivity contribution in [1.29, 1.82) is 0 Å². The zero-order valence-electron chi connectivity index (χ0n) is 14.0. The zero-order chi connectivity index (χ0) is 17.7. The summed E-state index contributed by atoms with van der Waals surface area (Å²) >= 11 is 0. The van der Waals surface area contributed by atoms with Crippen LogP contribution in [0.1, 0.15) is 40.1 Å². The van der Waals surface area contributed by atoms with Crippen molar-refractivity contribution in [3.63, 3.8) is 0 Å². The van der Waals surface area contributed by atoms with Crippen molar-refractivity contribution in [1.82, 2.24) is 0 Å². The maximum atomic E-state index is 13.8. The highest BCUT2D eigenvalue weighted by molar-refractivity contribution is 6.09. The Labute approximate surface area is 140 Å². The van der Waals surface area contributed by atoms with Gasteiger partial charge in [0, 0.05) is 12.1 Å². The zero-order valence-corrected chi connectivity index (χ0v) is 14.0. The second-order valence-electron chi connectivity index (χ2n) is 5.25. The number of hydrogen-bond acceptors (Lipinski definition) is 3. The minimum Gasteiger partial charge on any atom is -0.462 e. The third kappa shape index (κ3) is 3.62. The number of benzene rings is 2. The van der Waals surface area contributed by atoms with Gasteiger partial charge in [0.1, 0.15) is 5.82 Å². The molecule has 4 nitrogen and oxygen atoms in total. The topological polar surface area (TPSA) is 46.6 Å². The van der Waals surface area contributed by atoms with Crippen molar-refractivity contribution in [3.05, 3.63) is 65.0 Å². The number of anilines is 1. The number of rotatable bonds is 5.